The van der Waals surface area contributed by atoms with E-state index in [1.807, 2.05) is 0 Å². The fourth-order valence-corrected chi connectivity index (χ4v) is 4.66. The number of aliphatic hydroxyl groups is 3. The molecule has 9 nitrogen and oxygen atoms in total. The molecule has 9 heteroatoms. The van der Waals surface area contributed by atoms with Gasteiger partial charge in [0.15, 0.2) is 6.29 Å². The molecule has 7 atom stereocenters. The predicted molar refractivity (Wildman–Crippen MR) is 140 cm³/mol. The van der Waals surface area contributed by atoms with Crippen LogP contribution in [0.5, 0.6) is 0 Å². The zero-order valence-electron chi connectivity index (χ0n) is 23.2. The summed E-state index contributed by atoms with van der Waals surface area (Å²) >= 11 is 0. The van der Waals surface area contributed by atoms with Crippen LogP contribution in [-0.4, -0.2) is 75.3 Å². The van der Waals surface area contributed by atoms with Crippen LogP contribution in [0.15, 0.2) is 0 Å². The second-order valence-corrected chi connectivity index (χ2v) is 10.5. The highest BCUT2D eigenvalue weighted by Crippen LogP contribution is 2.25. The van der Waals surface area contributed by atoms with Crippen molar-refractivity contribution < 1.29 is 44.2 Å². The summed E-state index contributed by atoms with van der Waals surface area (Å²) in [5.74, 6) is -1.56. The van der Waals surface area contributed by atoms with E-state index in [9.17, 15) is 30.0 Å². The van der Waals surface area contributed by atoms with Crippen molar-refractivity contribution in [1.82, 2.24) is 0 Å². The van der Waals surface area contributed by atoms with Crippen molar-refractivity contribution in [3.63, 3.8) is 0 Å². The lowest BCUT2D eigenvalue weighted by atomic mass is 9.99. The number of aliphatic hydroxyl groups excluding tert-OH is 3. The molecule has 0 aliphatic carbocycles. The van der Waals surface area contributed by atoms with Crippen LogP contribution in [0.4, 0.5) is 0 Å². The van der Waals surface area contributed by atoms with Crippen LogP contribution in [0.2, 0.25) is 0 Å². The van der Waals surface area contributed by atoms with Crippen LogP contribution in [0, 0.1) is 0 Å². The summed E-state index contributed by atoms with van der Waals surface area (Å²) in [4.78, 5) is 24.1. The van der Waals surface area contributed by atoms with Crippen molar-refractivity contribution in [3.05, 3.63) is 0 Å². The normalized spacial score (nSPS) is 25.5. The van der Waals surface area contributed by atoms with E-state index in [1.54, 1.807) is 6.92 Å². The number of unbranched alkanes of at least 4 members (excludes halogenated alkanes) is 10. The SMILES string of the molecule is CCCCCCCCCC(CC(=O)O)OC(=O)CC(CCCCCCC)O[C@H]1O[C@@H](C)[C@H](O)[C@@H](O)[C@H]1O. The molecule has 0 spiro atoms. The van der Waals surface area contributed by atoms with Gasteiger partial charge in [-0.3, -0.25) is 9.59 Å². The third kappa shape index (κ3) is 14.5. The van der Waals surface area contributed by atoms with Crippen molar-refractivity contribution in [2.45, 2.75) is 166 Å². The third-order valence-electron chi connectivity index (χ3n) is 6.99. The second kappa shape index (κ2) is 19.8. The lowest BCUT2D eigenvalue weighted by molar-refractivity contribution is -0.304. The number of hydrogen-bond donors (Lipinski definition) is 4. The smallest absolute Gasteiger partial charge is 0.308 e. The Kier molecular flexibility index (Phi) is 18.0. The van der Waals surface area contributed by atoms with Crippen LogP contribution in [-0.2, 0) is 23.8 Å². The quantitative estimate of drug-likeness (QED) is 0.124. The molecule has 218 valence electrons. The average Bonchev–Trinajstić information content (AvgIpc) is 2.84. The number of carbonyl (C=O) groups is 2. The Balaban J connectivity index is 2.67. The number of carboxylic acids is 1. The maximum Gasteiger partial charge on any atom is 0.308 e. The van der Waals surface area contributed by atoms with Gasteiger partial charge in [0, 0.05) is 0 Å². The molecule has 1 aliphatic heterocycles. The molecule has 0 amide bonds. The lowest BCUT2D eigenvalue weighted by Gasteiger charge is -2.40. The van der Waals surface area contributed by atoms with Crippen LogP contribution in [0.3, 0.4) is 0 Å². The summed E-state index contributed by atoms with van der Waals surface area (Å²) in [6.45, 7) is 5.88. The summed E-state index contributed by atoms with van der Waals surface area (Å²) in [5.41, 5.74) is 0. The predicted octanol–water partition coefficient (Wildman–Crippen LogP) is 4.48. The summed E-state index contributed by atoms with van der Waals surface area (Å²) < 4.78 is 17.0. The van der Waals surface area contributed by atoms with E-state index >= 15 is 0 Å². The fourth-order valence-electron chi connectivity index (χ4n) is 4.66. The minimum absolute atomic E-state index is 0.111. The van der Waals surface area contributed by atoms with Gasteiger partial charge in [-0.15, -0.1) is 0 Å². The Labute approximate surface area is 222 Å². The van der Waals surface area contributed by atoms with E-state index in [1.165, 1.54) is 19.3 Å². The molecule has 2 unspecified atom stereocenters. The minimum atomic E-state index is -1.46. The van der Waals surface area contributed by atoms with Crippen molar-refractivity contribution in [2.24, 2.45) is 0 Å². The van der Waals surface area contributed by atoms with Gasteiger partial charge < -0.3 is 34.6 Å². The van der Waals surface area contributed by atoms with Gasteiger partial charge in [0.2, 0.25) is 0 Å². The summed E-state index contributed by atoms with van der Waals surface area (Å²) in [7, 11) is 0. The number of ether oxygens (including phenoxy) is 3. The molecule has 37 heavy (non-hydrogen) atoms. The molecule has 0 bridgehead atoms. The van der Waals surface area contributed by atoms with Gasteiger partial charge in [0.25, 0.3) is 0 Å². The molecular formula is C28H52O9. The maximum atomic E-state index is 12.8. The molecule has 0 radical (unpaired) electrons. The molecule has 1 rings (SSSR count). The van der Waals surface area contributed by atoms with E-state index in [4.69, 9.17) is 14.2 Å². The number of hydrogen-bond acceptors (Lipinski definition) is 8. The van der Waals surface area contributed by atoms with Crippen LogP contribution >= 0.6 is 0 Å². The van der Waals surface area contributed by atoms with Gasteiger partial charge in [0.1, 0.15) is 24.4 Å². The molecule has 0 aromatic rings. The Morgan fingerprint density at radius 3 is 1.78 bits per heavy atom. The largest absolute Gasteiger partial charge is 0.481 e. The molecule has 1 aliphatic rings. The van der Waals surface area contributed by atoms with Gasteiger partial charge >= 0.3 is 11.9 Å². The third-order valence-corrected chi connectivity index (χ3v) is 6.99. The van der Waals surface area contributed by atoms with E-state index in [0.717, 1.165) is 57.8 Å². The number of carbonyl (C=O) groups excluding carboxylic acids is 1. The van der Waals surface area contributed by atoms with E-state index in [-0.39, 0.29) is 12.8 Å². The molecule has 0 aromatic heterocycles. The Bertz CT molecular complexity index is 614. The van der Waals surface area contributed by atoms with Crippen molar-refractivity contribution >= 4 is 11.9 Å². The number of esters is 1. The molecule has 0 aromatic carbocycles. The summed E-state index contributed by atoms with van der Waals surface area (Å²) in [6.07, 6.45) is 6.00. The summed E-state index contributed by atoms with van der Waals surface area (Å²) in [5, 5.41) is 39.7. The molecule has 4 N–H and O–H groups in total. The standard InChI is InChI=1S/C28H52O9/c1-4-6-8-10-11-13-15-16-21(18-23(29)30)36-24(31)19-22(17-14-12-9-7-5-2)37-28-27(34)26(33)25(32)20(3)35-28/h20-22,25-28,32-34H,4-19H2,1-3H3,(H,29,30)/t20-,21?,22?,25-,26+,27+,28+/m0/s1. The zero-order valence-corrected chi connectivity index (χ0v) is 23.2. The molecule has 1 heterocycles. The first-order chi connectivity index (χ1) is 17.7. The maximum absolute atomic E-state index is 12.8. The van der Waals surface area contributed by atoms with Gasteiger partial charge in [-0.1, -0.05) is 84.5 Å². The number of rotatable bonds is 21. The molecule has 0 saturated carbocycles. The van der Waals surface area contributed by atoms with Gasteiger partial charge in [0.05, 0.1) is 25.0 Å². The van der Waals surface area contributed by atoms with Crippen LogP contribution in [0.25, 0.3) is 0 Å². The van der Waals surface area contributed by atoms with Gasteiger partial charge in [-0.2, -0.15) is 0 Å². The second-order valence-electron chi connectivity index (χ2n) is 10.5. The Hall–Kier alpha value is -1.26. The first-order valence-electron chi connectivity index (χ1n) is 14.5. The van der Waals surface area contributed by atoms with Crippen LogP contribution < -0.4 is 0 Å². The van der Waals surface area contributed by atoms with E-state index in [2.05, 4.69) is 13.8 Å². The highest BCUT2D eigenvalue weighted by atomic mass is 16.7. The number of carboxylic acid groups (broad SMARTS) is 1. The lowest BCUT2D eigenvalue weighted by Crippen LogP contribution is -2.58. The van der Waals surface area contributed by atoms with Gasteiger partial charge in [-0.05, 0) is 26.2 Å². The molecular weight excluding hydrogens is 480 g/mol. The van der Waals surface area contributed by atoms with Crippen molar-refractivity contribution in [1.29, 1.82) is 0 Å². The minimum Gasteiger partial charge on any atom is -0.481 e. The number of aliphatic carboxylic acids is 1. The Morgan fingerprint density at radius 2 is 1.24 bits per heavy atom. The topological polar surface area (TPSA) is 143 Å². The van der Waals surface area contributed by atoms with Crippen molar-refractivity contribution in [2.75, 3.05) is 0 Å². The van der Waals surface area contributed by atoms with E-state index in [0.29, 0.717) is 12.8 Å². The molecule has 1 fully saturated rings. The summed E-state index contributed by atoms with van der Waals surface area (Å²) in [6, 6.07) is 0. The Morgan fingerprint density at radius 1 is 0.730 bits per heavy atom. The first kappa shape index (κ1) is 33.8. The highest BCUT2D eigenvalue weighted by molar-refractivity contribution is 5.72. The zero-order chi connectivity index (χ0) is 27.6. The average molecular weight is 533 g/mol. The fraction of sp³-hybridized carbons (Fsp3) is 0.929. The van der Waals surface area contributed by atoms with Crippen LogP contribution in [0.1, 0.15) is 124 Å². The first-order valence-corrected chi connectivity index (χ1v) is 14.5. The monoisotopic (exact) mass is 532 g/mol. The van der Waals surface area contributed by atoms with Crippen molar-refractivity contribution in [3.8, 4) is 0 Å². The van der Waals surface area contributed by atoms with Gasteiger partial charge in [-0.25, -0.2) is 0 Å². The molecule has 1 saturated heterocycles. The van der Waals surface area contributed by atoms with E-state index < -0.39 is 54.9 Å². The highest BCUT2D eigenvalue weighted by Gasteiger charge is 2.43.